The number of halogens is 2. The molecule has 1 heterocycles. The minimum atomic E-state index is -0.356. The van der Waals surface area contributed by atoms with Crippen LogP contribution < -0.4 is 0 Å². The summed E-state index contributed by atoms with van der Waals surface area (Å²) in [5.41, 5.74) is 1.12. The van der Waals surface area contributed by atoms with E-state index >= 15 is 0 Å². The van der Waals surface area contributed by atoms with Gasteiger partial charge in [-0.3, -0.25) is 4.79 Å². The molecule has 0 saturated carbocycles. The lowest BCUT2D eigenvalue weighted by Crippen LogP contribution is -2.05. The molecular formula is C13H11BrFNOS. The highest BCUT2D eigenvalue weighted by Crippen LogP contribution is 2.22. The van der Waals surface area contributed by atoms with Crippen molar-refractivity contribution in [1.29, 1.82) is 0 Å². The summed E-state index contributed by atoms with van der Waals surface area (Å²) in [4.78, 5) is 16.9. The molecule has 2 nitrogen and oxygen atoms in total. The van der Waals surface area contributed by atoms with Gasteiger partial charge in [0, 0.05) is 10.9 Å². The Morgan fingerprint density at radius 1 is 1.44 bits per heavy atom. The zero-order valence-electron chi connectivity index (χ0n) is 9.96. The summed E-state index contributed by atoms with van der Waals surface area (Å²) in [6.07, 6.45) is 0.0632. The number of thiazole rings is 1. The molecule has 18 heavy (non-hydrogen) atoms. The van der Waals surface area contributed by atoms with Crippen LogP contribution in [0.25, 0.3) is 0 Å². The number of aromatic nitrogens is 1. The van der Waals surface area contributed by atoms with E-state index in [1.54, 1.807) is 19.1 Å². The van der Waals surface area contributed by atoms with Crippen LogP contribution in [-0.2, 0) is 6.42 Å². The Labute approximate surface area is 117 Å². The fourth-order valence-electron chi connectivity index (χ4n) is 1.72. The average molecular weight is 328 g/mol. The third-order valence-corrected chi connectivity index (χ3v) is 4.12. The first kappa shape index (κ1) is 13.4. The lowest BCUT2D eigenvalue weighted by Gasteiger charge is -2.02. The van der Waals surface area contributed by atoms with Gasteiger partial charge in [-0.15, -0.1) is 11.3 Å². The van der Waals surface area contributed by atoms with Crippen molar-refractivity contribution in [2.45, 2.75) is 20.3 Å². The van der Waals surface area contributed by atoms with Crippen molar-refractivity contribution in [2.24, 2.45) is 0 Å². The maximum absolute atomic E-state index is 13.6. The van der Waals surface area contributed by atoms with Crippen molar-refractivity contribution in [2.75, 3.05) is 0 Å². The van der Waals surface area contributed by atoms with Gasteiger partial charge in [-0.2, -0.15) is 0 Å². The zero-order chi connectivity index (χ0) is 13.3. The van der Waals surface area contributed by atoms with Gasteiger partial charge in [0.25, 0.3) is 0 Å². The molecule has 0 amide bonds. The Morgan fingerprint density at radius 3 is 2.78 bits per heavy atom. The predicted octanol–water partition coefficient (Wildman–Crippen LogP) is 4.09. The second-order valence-electron chi connectivity index (χ2n) is 3.98. The van der Waals surface area contributed by atoms with Gasteiger partial charge in [0.15, 0.2) is 5.78 Å². The third kappa shape index (κ3) is 2.84. The topological polar surface area (TPSA) is 30.0 Å². The minimum Gasteiger partial charge on any atom is -0.293 e. The van der Waals surface area contributed by atoms with E-state index in [4.69, 9.17) is 0 Å². The largest absolute Gasteiger partial charge is 0.293 e. The van der Waals surface area contributed by atoms with Crippen LogP contribution in [0.5, 0.6) is 0 Å². The van der Waals surface area contributed by atoms with Gasteiger partial charge in [0.1, 0.15) is 5.82 Å². The predicted molar refractivity (Wildman–Crippen MR) is 73.7 cm³/mol. The molecule has 0 aliphatic rings. The second kappa shape index (κ2) is 5.28. The number of Topliss-reactive ketones (excluding diaryl/α,β-unsaturated/α-hetero) is 1. The number of nitrogens with zero attached hydrogens (tertiary/aromatic N) is 1. The number of ketones is 1. The van der Waals surface area contributed by atoms with E-state index in [0.717, 1.165) is 15.2 Å². The summed E-state index contributed by atoms with van der Waals surface area (Å²) in [5.74, 6) is -0.444. The summed E-state index contributed by atoms with van der Waals surface area (Å²) in [5, 5.41) is 0.852. The van der Waals surface area contributed by atoms with Crippen LogP contribution in [0.2, 0.25) is 0 Å². The molecule has 0 spiro atoms. The van der Waals surface area contributed by atoms with Gasteiger partial charge >= 0.3 is 0 Å². The molecule has 0 aliphatic heterocycles. The number of benzene rings is 1. The first-order valence-electron chi connectivity index (χ1n) is 5.38. The molecule has 0 unspecified atom stereocenters. The number of hydrogen-bond donors (Lipinski definition) is 0. The van der Waals surface area contributed by atoms with Crippen LogP contribution >= 0.6 is 27.3 Å². The van der Waals surface area contributed by atoms with E-state index in [-0.39, 0.29) is 18.0 Å². The Bertz CT molecular complexity index is 609. The van der Waals surface area contributed by atoms with Gasteiger partial charge in [-0.05, 0) is 37.6 Å². The quantitative estimate of drug-likeness (QED) is 0.795. The van der Waals surface area contributed by atoms with E-state index in [1.165, 1.54) is 17.4 Å². The summed E-state index contributed by atoms with van der Waals surface area (Å²) in [7, 11) is 0. The molecule has 94 valence electrons. The Kier molecular flexibility index (Phi) is 3.92. The fraction of sp³-hybridized carbons (Fsp3) is 0.231. The summed E-state index contributed by atoms with van der Waals surface area (Å²) in [6, 6.07) is 4.61. The van der Waals surface area contributed by atoms with Gasteiger partial charge in [0.2, 0.25) is 0 Å². The van der Waals surface area contributed by atoms with E-state index in [0.29, 0.717) is 10.4 Å². The van der Waals surface area contributed by atoms with Gasteiger partial charge < -0.3 is 0 Å². The highest BCUT2D eigenvalue weighted by molar-refractivity contribution is 9.10. The van der Waals surface area contributed by atoms with Crippen molar-refractivity contribution >= 4 is 33.0 Å². The smallest absolute Gasteiger partial charge is 0.179 e. The molecule has 0 bridgehead atoms. The lowest BCUT2D eigenvalue weighted by molar-refractivity contribution is 0.0995. The van der Waals surface area contributed by atoms with Crippen LogP contribution in [0, 0.1) is 19.7 Å². The molecule has 0 radical (unpaired) electrons. The van der Waals surface area contributed by atoms with Gasteiger partial charge in [-0.1, -0.05) is 15.9 Å². The van der Waals surface area contributed by atoms with E-state index in [2.05, 4.69) is 20.9 Å². The Balaban J connectivity index is 2.26. The van der Waals surface area contributed by atoms with E-state index < -0.39 is 0 Å². The first-order valence-corrected chi connectivity index (χ1v) is 6.99. The highest BCUT2D eigenvalue weighted by atomic mass is 79.9. The molecule has 0 saturated heterocycles. The number of carbonyl (C=O) groups is 1. The van der Waals surface area contributed by atoms with E-state index in [1.807, 2.05) is 6.92 Å². The van der Waals surface area contributed by atoms with Crippen molar-refractivity contribution < 1.29 is 9.18 Å². The molecule has 0 aliphatic carbocycles. The maximum Gasteiger partial charge on any atom is 0.179 e. The lowest BCUT2D eigenvalue weighted by atomic mass is 10.1. The van der Waals surface area contributed by atoms with Crippen LogP contribution in [0.4, 0.5) is 4.39 Å². The number of rotatable bonds is 3. The second-order valence-corrected chi connectivity index (χ2v) is 6.10. The van der Waals surface area contributed by atoms with Crippen molar-refractivity contribution in [1.82, 2.24) is 4.98 Å². The maximum atomic E-state index is 13.6. The monoisotopic (exact) mass is 327 g/mol. The Hall–Kier alpha value is -1.07. The van der Waals surface area contributed by atoms with Gasteiger partial charge in [0.05, 0.1) is 15.6 Å². The molecule has 0 fully saturated rings. The van der Waals surface area contributed by atoms with Crippen LogP contribution in [-0.4, -0.2) is 10.8 Å². The average Bonchev–Trinajstić information content (AvgIpc) is 2.63. The number of aryl methyl sites for hydroxylation is 2. The minimum absolute atomic E-state index is 0.0632. The van der Waals surface area contributed by atoms with E-state index in [9.17, 15) is 9.18 Å². The SMILES string of the molecule is Cc1nc(C)c(C(=O)Cc2cc(Br)ccc2F)s1. The van der Waals surface area contributed by atoms with Crippen LogP contribution in [0.1, 0.15) is 25.9 Å². The molecule has 2 aromatic rings. The van der Waals surface area contributed by atoms with Gasteiger partial charge in [-0.25, -0.2) is 9.37 Å². The molecule has 0 atom stereocenters. The summed E-state index contributed by atoms with van der Waals surface area (Å²) >= 11 is 4.63. The third-order valence-electron chi connectivity index (χ3n) is 2.52. The number of hydrogen-bond acceptors (Lipinski definition) is 3. The molecule has 1 aromatic carbocycles. The highest BCUT2D eigenvalue weighted by Gasteiger charge is 2.16. The summed E-state index contributed by atoms with van der Waals surface area (Å²) in [6.45, 7) is 3.65. The Morgan fingerprint density at radius 2 is 2.17 bits per heavy atom. The van der Waals surface area contributed by atoms with Crippen molar-refractivity contribution in [3.8, 4) is 0 Å². The molecular weight excluding hydrogens is 317 g/mol. The standard InChI is InChI=1S/C13H11BrFNOS/c1-7-13(18-8(2)16-7)12(17)6-9-5-10(14)3-4-11(9)15/h3-5H,6H2,1-2H3. The van der Waals surface area contributed by atoms with Crippen LogP contribution in [0.15, 0.2) is 22.7 Å². The normalized spacial score (nSPS) is 10.7. The zero-order valence-corrected chi connectivity index (χ0v) is 12.4. The fourth-order valence-corrected chi connectivity index (χ4v) is 2.99. The molecule has 2 rings (SSSR count). The van der Waals surface area contributed by atoms with Crippen molar-refractivity contribution in [3.05, 3.63) is 49.6 Å². The summed E-state index contributed by atoms with van der Waals surface area (Å²) < 4.78 is 14.3. The molecule has 0 N–H and O–H groups in total. The molecule has 5 heteroatoms. The number of carbonyl (C=O) groups excluding carboxylic acids is 1. The van der Waals surface area contributed by atoms with Crippen LogP contribution in [0.3, 0.4) is 0 Å². The van der Waals surface area contributed by atoms with Crippen molar-refractivity contribution in [3.63, 3.8) is 0 Å². The molecule has 1 aromatic heterocycles. The first-order chi connectivity index (χ1) is 8.47.